The Hall–Kier alpha value is -1.95. The van der Waals surface area contributed by atoms with E-state index < -0.39 is 0 Å². The van der Waals surface area contributed by atoms with Crippen LogP contribution in [-0.2, 0) is 6.42 Å². The molecule has 2 heterocycles. The first-order valence-electron chi connectivity index (χ1n) is 5.85. The standard InChI is InChI=1S/C12H13N5S/c1-2-4-9-11(18-17-16-9)12-14-8-6-3-5-7(13)10(8)15-12/h3,5-6H,2,4,13H2,1H3,(H,14,15). The van der Waals surface area contributed by atoms with Crippen LogP contribution in [-0.4, -0.2) is 19.6 Å². The molecule has 3 aromatic rings. The first-order chi connectivity index (χ1) is 8.79. The van der Waals surface area contributed by atoms with Gasteiger partial charge in [0.1, 0.15) is 10.4 Å². The largest absolute Gasteiger partial charge is 0.397 e. The van der Waals surface area contributed by atoms with Crippen LogP contribution in [0.2, 0.25) is 0 Å². The number of fused-ring (bicyclic) bond motifs is 1. The molecule has 0 amide bonds. The average molecular weight is 259 g/mol. The van der Waals surface area contributed by atoms with E-state index >= 15 is 0 Å². The summed E-state index contributed by atoms with van der Waals surface area (Å²) in [6.07, 6.45) is 1.96. The molecule has 3 rings (SSSR count). The van der Waals surface area contributed by atoms with Gasteiger partial charge in [-0.3, -0.25) is 0 Å². The molecule has 5 nitrogen and oxygen atoms in total. The van der Waals surface area contributed by atoms with Crippen LogP contribution >= 0.6 is 11.5 Å². The van der Waals surface area contributed by atoms with Crippen LogP contribution in [0.3, 0.4) is 0 Å². The fourth-order valence-electron chi connectivity index (χ4n) is 1.95. The Bertz CT molecular complexity index is 685. The van der Waals surface area contributed by atoms with Crippen molar-refractivity contribution < 1.29 is 0 Å². The smallest absolute Gasteiger partial charge is 0.152 e. The van der Waals surface area contributed by atoms with E-state index in [-0.39, 0.29) is 0 Å². The number of aryl methyl sites for hydroxylation is 1. The molecule has 0 atom stereocenters. The lowest BCUT2D eigenvalue weighted by Crippen LogP contribution is -1.88. The third kappa shape index (κ3) is 1.74. The van der Waals surface area contributed by atoms with Crippen LogP contribution in [0.4, 0.5) is 5.69 Å². The number of rotatable bonds is 3. The Morgan fingerprint density at radius 1 is 1.39 bits per heavy atom. The number of nitrogens with one attached hydrogen (secondary N) is 1. The van der Waals surface area contributed by atoms with Crippen LogP contribution in [0.5, 0.6) is 0 Å². The van der Waals surface area contributed by atoms with Gasteiger partial charge in [-0.25, -0.2) is 4.98 Å². The van der Waals surface area contributed by atoms with E-state index in [1.165, 1.54) is 11.5 Å². The topological polar surface area (TPSA) is 80.5 Å². The van der Waals surface area contributed by atoms with Crippen molar-refractivity contribution in [2.75, 3.05) is 5.73 Å². The molecule has 0 radical (unpaired) electrons. The number of para-hydroxylation sites is 1. The Morgan fingerprint density at radius 2 is 2.28 bits per heavy atom. The van der Waals surface area contributed by atoms with Crippen LogP contribution in [0.1, 0.15) is 19.0 Å². The minimum absolute atomic E-state index is 0.685. The Balaban J connectivity index is 2.14. The summed E-state index contributed by atoms with van der Waals surface area (Å²) < 4.78 is 4.01. The van der Waals surface area contributed by atoms with E-state index in [4.69, 9.17) is 5.73 Å². The fraction of sp³-hybridized carbons (Fsp3) is 0.250. The summed E-state index contributed by atoms with van der Waals surface area (Å²) in [5.74, 6) is 0.807. The lowest BCUT2D eigenvalue weighted by Gasteiger charge is -1.94. The summed E-state index contributed by atoms with van der Waals surface area (Å²) in [6, 6.07) is 5.73. The summed E-state index contributed by atoms with van der Waals surface area (Å²) in [5, 5.41) is 4.15. The Morgan fingerprint density at radius 3 is 3.06 bits per heavy atom. The van der Waals surface area contributed by atoms with Crippen molar-refractivity contribution in [3.63, 3.8) is 0 Å². The minimum atomic E-state index is 0.685. The molecule has 18 heavy (non-hydrogen) atoms. The zero-order valence-corrected chi connectivity index (χ0v) is 10.8. The molecule has 92 valence electrons. The van der Waals surface area contributed by atoms with Gasteiger partial charge < -0.3 is 10.7 Å². The number of aromatic amines is 1. The summed E-state index contributed by atoms with van der Waals surface area (Å²) in [4.78, 5) is 8.83. The number of nitrogen functional groups attached to an aromatic ring is 1. The molecule has 0 aliphatic heterocycles. The quantitative estimate of drug-likeness (QED) is 0.708. The lowest BCUT2D eigenvalue weighted by molar-refractivity contribution is 0.870. The van der Waals surface area contributed by atoms with E-state index in [9.17, 15) is 0 Å². The van der Waals surface area contributed by atoms with Gasteiger partial charge in [-0.15, -0.1) is 5.10 Å². The second-order valence-corrected chi connectivity index (χ2v) is 4.88. The zero-order valence-electron chi connectivity index (χ0n) is 9.97. The molecule has 6 heteroatoms. The molecular weight excluding hydrogens is 246 g/mol. The number of hydrogen-bond acceptors (Lipinski definition) is 5. The third-order valence-corrected chi connectivity index (χ3v) is 3.58. The van der Waals surface area contributed by atoms with Crippen LogP contribution in [0.15, 0.2) is 18.2 Å². The molecule has 0 unspecified atom stereocenters. The number of aromatic nitrogens is 4. The zero-order chi connectivity index (χ0) is 12.5. The van der Waals surface area contributed by atoms with Crippen LogP contribution < -0.4 is 5.73 Å². The molecule has 0 saturated carbocycles. The maximum Gasteiger partial charge on any atom is 0.152 e. The first-order valence-corrected chi connectivity index (χ1v) is 6.62. The highest BCUT2D eigenvalue weighted by atomic mass is 32.1. The van der Waals surface area contributed by atoms with Crippen molar-refractivity contribution in [3.8, 4) is 10.7 Å². The fourth-order valence-corrected chi connectivity index (χ4v) is 2.60. The first kappa shape index (κ1) is 11.2. The molecule has 0 aliphatic rings. The molecule has 2 aromatic heterocycles. The predicted molar refractivity (Wildman–Crippen MR) is 73.4 cm³/mol. The molecule has 0 bridgehead atoms. The van der Waals surface area contributed by atoms with E-state index in [2.05, 4.69) is 26.5 Å². The number of H-pyrrole nitrogens is 1. The monoisotopic (exact) mass is 259 g/mol. The third-order valence-electron chi connectivity index (χ3n) is 2.80. The van der Waals surface area contributed by atoms with Gasteiger partial charge in [0.25, 0.3) is 0 Å². The van der Waals surface area contributed by atoms with Crippen molar-refractivity contribution >= 4 is 28.3 Å². The SMILES string of the molecule is CCCc1nnsc1-c1nc2c(N)cccc2[nH]1. The lowest BCUT2D eigenvalue weighted by atomic mass is 10.2. The van der Waals surface area contributed by atoms with E-state index in [0.29, 0.717) is 5.69 Å². The Kier molecular flexibility index (Phi) is 2.71. The van der Waals surface area contributed by atoms with Gasteiger partial charge in [0.05, 0.1) is 16.9 Å². The van der Waals surface area contributed by atoms with Crippen molar-refractivity contribution in [2.45, 2.75) is 19.8 Å². The van der Waals surface area contributed by atoms with Gasteiger partial charge in [-0.1, -0.05) is 23.9 Å². The maximum absolute atomic E-state index is 5.91. The highest BCUT2D eigenvalue weighted by Crippen LogP contribution is 2.28. The van der Waals surface area contributed by atoms with Gasteiger partial charge in [-0.2, -0.15) is 0 Å². The summed E-state index contributed by atoms with van der Waals surface area (Å²) in [6.45, 7) is 2.12. The van der Waals surface area contributed by atoms with Gasteiger partial charge in [0, 0.05) is 0 Å². The van der Waals surface area contributed by atoms with Gasteiger partial charge >= 0.3 is 0 Å². The number of anilines is 1. The van der Waals surface area contributed by atoms with E-state index in [0.717, 1.165) is 40.3 Å². The van der Waals surface area contributed by atoms with Gasteiger partial charge in [0.15, 0.2) is 5.82 Å². The number of benzene rings is 1. The number of imidazole rings is 1. The van der Waals surface area contributed by atoms with Crippen molar-refractivity contribution in [3.05, 3.63) is 23.9 Å². The molecule has 3 N–H and O–H groups in total. The van der Waals surface area contributed by atoms with Crippen LogP contribution in [0.25, 0.3) is 21.7 Å². The normalized spacial score (nSPS) is 11.2. The summed E-state index contributed by atoms with van der Waals surface area (Å²) in [7, 11) is 0. The number of hydrogen-bond donors (Lipinski definition) is 2. The van der Waals surface area contributed by atoms with Gasteiger partial charge in [-0.05, 0) is 30.1 Å². The molecule has 0 aliphatic carbocycles. The number of nitrogens with two attached hydrogens (primary N) is 1. The van der Waals surface area contributed by atoms with Crippen molar-refractivity contribution in [1.82, 2.24) is 19.6 Å². The second-order valence-electron chi connectivity index (χ2n) is 4.13. The van der Waals surface area contributed by atoms with E-state index in [1.54, 1.807) is 0 Å². The Labute approximate surface area is 108 Å². The second kappa shape index (κ2) is 4.38. The van der Waals surface area contributed by atoms with Crippen LogP contribution in [0, 0.1) is 0 Å². The summed E-state index contributed by atoms with van der Waals surface area (Å²) >= 11 is 1.37. The molecule has 0 spiro atoms. The molecule has 0 fully saturated rings. The van der Waals surface area contributed by atoms with Crippen molar-refractivity contribution in [1.29, 1.82) is 0 Å². The average Bonchev–Trinajstić information content (AvgIpc) is 2.95. The van der Waals surface area contributed by atoms with E-state index in [1.807, 2.05) is 18.2 Å². The predicted octanol–water partition coefficient (Wildman–Crippen LogP) is 2.62. The highest BCUT2D eigenvalue weighted by Gasteiger charge is 2.14. The van der Waals surface area contributed by atoms with Gasteiger partial charge in [0.2, 0.25) is 0 Å². The molecule has 1 aromatic carbocycles. The minimum Gasteiger partial charge on any atom is -0.397 e. The number of nitrogens with zero attached hydrogens (tertiary/aromatic N) is 3. The molecule has 0 saturated heterocycles. The maximum atomic E-state index is 5.91. The highest BCUT2D eigenvalue weighted by molar-refractivity contribution is 7.09. The summed E-state index contributed by atoms with van der Waals surface area (Å²) in [5.41, 5.74) is 9.35. The molecular formula is C12H13N5S. The van der Waals surface area contributed by atoms with Crippen molar-refractivity contribution in [2.24, 2.45) is 0 Å².